The molecule has 0 amide bonds. The molecular weight excluding hydrogens is 1410 g/mol. The van der Waals surface area contributed by atoms with E-state index in [1.54, 1.807) is 0 Å². The summed E-state index contributed by atoms with van der Waals surface area (Å²) >= 11 is 0. The summed E-state index contributed by atoms with van der Waals surface area (Å²) in [6, 6.07) is 141. The molecule has 0 spiro atoms. The van der Waals surface area contributed by atoms with E-state index >= 15 is 0 Å². The molecule has 0 unspecified atom stereocenters. The second-order valence-electron chi connectivity index (χ2n) is 30.9. The molecule has 4 heterocycles. The first-order valence-electron chi connectivity index (χ1n) is 39.8. The van der Waals surface area contributed by atoms with Gasteiger partial charge in [0.15, 0.2) is 0 Å². The minimum atomic E-state index is 0.902. The van der Waals surface area contributed by atoms with Crippen LogP contribution in [0.5, 0.6) is 0 Å². The molecule has 116 heavy (non-hydrogen) atoms. The van der Waals surface area contributed by atoms with Crippen LogP contribution in [0.3, 0.4) is 0 Å². The standard InChI is InChI=1S/2C56H32O2/c1-2-16-36-33(12-1)13-7-21-39(36)54-42-24-10-19-37(40-22-8-14-34-28-30-50-55(52(34)40)44-17-3-5-26-48(44)57-50)46(42)32-47-38(20-11-25-43(47)54)41-23-9-15-35-29-31-51-56(53(35)41)45-18-4-6-27-49(45)58-51;1-2-14-34-33(12-1)13-7-21-41(34)54-44-24-10-19-37(35-17-8-22-42-39(35)28-30-52-55(42)46-15-3-5-26-50(46)57-52)48(44)32-49-38(20-11-25-45(49)54)36-18-9-23-43-40(36)29-31-53-56(43)47-16-4-6-27-51(47)58-53/h2*1-32H. The second kappa shape index (κ2) is 25.1. The van der Waals surface area contributed by atoms with E-state index in [2.05, 4.69) is 364 Å². The predicted octanol–water partition coefficient (Wildman–Crippen LogP) is 32.5. The fraction of sp³-hybridized carbons (Fsp3) is 0. The summed E-state index contributed by atoms with van der Waals surface area (Å²) in [4.78, 5) is 0. The van der Waals surface area contributed by atoms with E-state index in [0.717, 1.165) is 87.8 Å². The molecule has 4 aromatic heterocycles. The molecule has 0 radical (unpaired) electrons. The summed E-state index contributed by atoms with van der Waals surface area (Å²) in [5.74, 6) is 0. The van der Waals surface area contributed by atoms with Gasteiger partial charge in [0.1, 0.15) is 44.7 Å². The number of furan rings is 4. The quantitative estimate of drug-likeness (QED) is 0.156. The van der Waals surface area contributed by atoms with Crippen molar-refractivity contribution >= 4 is 195 Å². The van der Waals surface area contributed by atoms with Crippen molar-refractivity contribution in [3.63, 3.8) is 0 Å². The Hall–Kier alpha value is -15.4. The Morgan fingerprint density at radius 2 is 0.353 bits per heavy atom. The first kappa shape index (κ1) is 64.3. The van der Waals surface area contributed by atoms with Crippen LogP contribution in [0.4, 0.5) is 0 Å². The maximum absolute atomic E-state index is 6.46. The summed E-state index contributed by atoms with van der Waals surface area (Å²) < 4.78 is 25.6. The van der Waals surface area contributed by atoms with Crippen molar-refractivity contribution < 1.29 is 17.7 Å². The Kier molecular flexibility index (Phi) is 13.9. The highest BCUT2D eigenvalue weighted by Crippen LogP contribution is 2.52. The zero-order chi connectivity index (χ0) is 75.8. The Labute approximate surface area is 663 Å². The van der Waals surface area contributed by atoms with Crippen LogP contribution >= 0.6 is 0 Å². The van der Waals surface area contributed by atoms with Gasteiger partial charge in [0, 0.05) is 53.9 Å². The molecule has 536 valence electrons. The molecule has 0 saturated carbocycles. The average molecular weight is 1470 g/mol. The molecule has 26 aromatic rings. The number of hydrogen-bond acceptors (Lipinski definition) is 4. The van der Waals surface area contributed by atoms with Crippen molar-refractivity contribution in [2.24, 2.45) is 0 Å². The number of hydrogen-bond donors (Lipinski definition) is 0. The second-order valence-corrected chi connectivity index (χ2v) is 30.9. The van der Waals surface area contributed by atoms with E-state index in [0.29, 0.717) is 0 Å². The third-order valence-electron chi connectivity index (χ3n) is 24.9. The highest BCUT2D eigenvalue weighted by Gasteiger charge is 2.26. The highest BCUT2D eigenvalue weighted by molar-refractivity contribution is 6.31. The molecule has 26 rings (SSSR count). The lowest BCUT2D eigenvalue weighted by Gasteiger charge is -2.19. The monoisotopic (exact) mass is 1470 g/mol. The maximum atomic E-state index is 6.46. The topological polar surface area (TPSA) is 52.6 Å². The molecule has 0 atom stereocenters. The number of benzene rings is 22. The first-order chi connectivity index (χ1) is 57.6. The minimum absolute atomic E-state index is 0.902. The first-order valence-corrected chi connectivity index (χ1v) is 39.8. The molecule has 0 aliphatic rings. The lowest BCUT2D eigenvalue weighted by molar-refractivity contribution is 0.669. The van der Waals surface area contributed by atoms with Gasteiger partial charge in [0.2, 0.25) is 0 Å². The smallest absolute Gasteiger partial charge is 0.136 e. The van der Waals surface area contributed by atoms with Gasteiger partial charge in [-0.05, 0) is 224 Å². The highest BCUT2D eigenvalue weighted by atomic mass is 16.3. The molecule has 0 fully saturated rings. The van der Waals surface area contributed by atoms with Crippen molar-refractivity contribution in [1.82, 2.24) is 0 Å². The fourth-order valence-electron chi connectivity index (χ4n) is 20.0. The predicted molar refractivity (Wildman–Crippen MR) is 490 cm³/mol. The van der Waals surface area contributed by atoms with Gasteiger partial charge in [-0.3, -0.25) is 0 Å². The van der Waals surface area contributed by atoms with E-state index in [9.17, 15) is 0 Å². The summed E-state index contributed by atoms with van der Waals surface area (Å²) in [7, 11) is 0. The van der Waals surface area contributed by atoms with Gasteiger partial charge < -0.3 is 17.7 Å². The molecule has 0 N–H and O–H groups in total. The zero-order valence-corrected chi connectivity index (χ0v) is 62.6. The van der Waals surface area contributed by atoms with Gasteiger partial charge in [-0.25, -0.2) is 0 Å². The van der Waals surface area contributed by atoms with Crippen LogP contribution in [-0.2, 0) is 0 Å². The molecule has 0 saturated heterocycles. The van der Waals surface area contributed by atoms with Gasteiger partial charge in [0.05, 0.1) is 0 Å². The largest absolute Gasteiger partial charge is 0.456 e. The number of para-hydroxylation sites is 4. The Morgan fingerprint density at radius 3 is 0.724 bits per heavy atom. The molecule has 4 nitrogen and oxygen atoms in total. The summed E-state index contributed by atoms with van der Waals surface area (Å²) in [6.07, 6.45) is 0. The maximum Gasteiger partial charge on any atom is 0.136 e. The van der Waals surface area contributed by atoms with Crippen molar-refractivity contribution in [2.45, 2.75) is 0 Å². The van der Waals surface area contributed by atoms with Gasteiger partial charge >= 0.3 is 0 Å². The van der Waals surface area contributed by atoms with Crippen molar-refractivity contribution in [3.05, 3.63) is 388 Å². The van der Waals surface area contributed by atoms with Gasteiger partial charge in [0.25, 0.3) is 0 Å². The van der Waals surface area contributed by atoms with E-state index in [4.69, 9.17) is 17.7 Å². The molecule has 0 bridgehead atoms. The number of fused-ring (bicyclic) bond motifs is 26. The van der Waals surface area contributed by atoms with Crippen molar-refractivity contribution in [2.75, 3.05) is 0 Å². The molecule has 22 aromatic carbocycles. The Balaban J connectivity index is 0.000000130. The molecule has 0 aliphatic heterocycles. The van der Waals surface area contributed by atoms with Crippen molar-refractivity contribution in [3.8, 4) is 66.8 Å². The number of rotatable bonds is 6. The average Bonchev–Trinajstić information content (AvgIpc) is 0.872. The zero-order valence-electron chi connectivity index (χ0n) is 62.6. The fourth-order valence-corrected chi connectivity index (χ4v) is 20.0. The summed E-state index contributed by atoms with van der Waals surface area (Å²) in [6.45, 7) is 0. The van der Waals surface area contributed by atoms with Gasteiger partial charge in [-0.2, -0.15) is 0 Å². The van der Waals surface area contributed by atoms with E-state index < -0.39 is 0 Å². The summed E-state index contributed by atoms with van der Waals surface area (Å²) in [5.41, 5.74) is 21.8. The van der Waals surface area contributed by atoms with Gasteiger partial charge in [-0.1, -0.05) is 328 Å². The van der Waals surface area contributed by atoms with Crippen molar-refractivity contribution in [1.29, 1.82) is 0 Å². The molecule has 0 aliphatic carbocycles. The van der Waals surface area contributed by atoms with Crippen LogP contribution in [0, 0.1) is 0 Å². The SMILES string of the molecule is c1ccc2c(-c3c4cccc(-c5cccc6c5ccc5oc7ccccc7c56)c4cc4c(-c5cccc6c5ccc5oc7ccccc7c56)cccc34)cccc2c1.c1ccc2c(-c3c4cccc(-c5cccc6ccc7oc8ccccc8c7c56)c4cc4c(-c5cccc6ccc7oc8ccccc8c7c56)cccc34)cccc2c1. The van der Waals surface area contributed by atoms with Gasteiger partial charge in [-0.15, -0.1) is 0 Å². The third kappa shape index (κ3) is 9.50. The normalized spacial score (nSPS) is 12.1. The van der Waals surface area contributed by atoms with E-state index in [1.165, 1.54) is 174 Å². The Bertz CT molecular complexity index is 8310. The summed E-state index contributed by atoms with van der Waals surface area (Å²) in [5, 5.41) is 33.5. The van der Waals surface area contributed by atoms with Crippen LogP contribution in [0.2, 0.25) is 0 Å². The van der Waals surface area contributed by atoms with Crippen LogP contribution in [0.1, 0.15) is 0 Å². The van der Waals surface area contributed by atoms with Crippen LogP contribution < -0.4 is 0 Å². The minimum Gasteiger partial charge on any atom is -0.456 e. The van der Waals surface area contributed by atoms with Crippen LogP contribution in [-0.4, -0.2) is 0 Å². The van der Waals surface area contributed by atoms with E-state index in [-0.39, 0.29) is 0 Å². The van der Waals surface area contributed by atoms with Crippen LogP contribution in [0.25, 0.3) is 262 Å². The lowest BCUT2D eigenvalue weighted by atomic mass is 9.83. The van der Waals surface area contributed by atoms with E-state index in [1.807, 2.05) is 24.3 Å². The molecule has 4 heteroatoms. The van der Waals surface area contributed by atoms with Crippen LogP contribution in [0.15, 0.2) is 406 Å². The molecular formula is C112H64O4. The third-order valence-corrected chi connectivity index (χ3v) is 24.9. The Morgan fingerprint density at radius 1 is 0.112 bits per heavy atom. The lowest BCUT2D eigenvalue weighted by Crippen LogP contribution is -1.92.